The van der Waals surface area contributed by atoms with E-state index in [1.54, 1.807) is 28.6 Å². The molecule has 0 fully saturated rings. The number of aryl methyl sites for hydroxylation is 1. The van der Waals surface area contributed by atoms with E-state index in [0.717, 1.165) is 46.1 Å². The van der Waals surface area contributed by atoms with Gasteiger partial charge in [-0.05, 0) is 61.8 Å². The van der Waals surface area contributed by atoms with Crippen LogP contribution in [0.15, 0.2) is 47.5 Å². The maximum absolute atomic E-state index is 14.7. The van der Waals surface area contributed by atoms with Crippen molar-refractivity contribution in [3.63, 3.8) is 0 Å². The zero-order valence-electron chi connectivity index (χ0n) is 19.2. The SMILES string of the molecule is CC(C)c1c(=O)n(C)n2cnc3ccc(-c4ccc(OCCCN(C)C)c(F)c4)cc3c12. The largest absolute Gasteiger partial charge is 0.490 e. The fourth-order valence-corrected chi connectivity index (χ4v) is 4.07. The maximum Gasteiger partial charge on any atom is 0.270 e. The van der Waals surface area contributed by atoms with Crippen LogP contribution in [-0.2, 0) is 7.05 Å². The third kappa shape index (κ3) is 4.00. The predicted molar refractivity (Wildman–Crippen MR) is 126 cm³/mol. The van der Waals surface area contributed by atoms with Crippen molar-refractivity contribution in [3.8, 4) is 16.9 Å². The second kappa shape index (κ2) is 8.74. The molecule has 0 atom stereocenters. The fourth-order valence-electron chi connectivity index (χ4n) is 4.07. The van der Waals surface area contributed by atoms with Crippen molar-refractivity contribution in [2.45, 2.75) is 26.2 Å². The molecule has 0 unspecified atom stereocenters. The second-order valence-electron chi connectivity index (χ2n) is 8.72. The van der Waals surface area contributed by atoms with Crippen LogP contribution in [0.3, 0.4) is 0 Å². The normalized spacial score (nSPS) is 11.9. The van der Waals surface area contributed by atoms with E-state index < -0.39 is 0 Å². The monoisotopic (exact) mass is 436 g/mol. The Morgan fingerprint density at radius 3 is 2.53 bits per heavy atom. The maximum atomic E-state index is 14.7. The number of fused-ring (bicyclic) bond motifs is 3. The highest BCUT2D eigenvalue weighted by atomic mass is 19.1. The molecule has 2 aromatic heterocycles. The van der Waals surface area contributed by atoms with E-state index in [1.807, 2.05) is 52.2 Å². The van der Waals surface area contributed by atoms with Crippen LogP contribution in [0.5, 0.6) is 5.75 Å². The molecular weight excluding hydrogens is 407 g/mol. The molecule has 6 nitrogen and oxygen atoms in total. The van der Waals surface area contributed by atoms with Crippen molar-refractivity contribution in [1.29, 1.82) is 0 Å². The molecule has 0 amide bonds. The summed E-state index contributed by atoms with van der Waals surface area (Å²) < 4.78 is 23.7. The summed E-state index contributed by atoms with van der Waals surface area (Å²) in [5.41, 5.74) is 3.97. The predicted octanol–water partition coefficient (Wildman–Crippen LogP) is 4.45. The van der Waals surface area contributed by atoms with Crippen molar-refractivity contribution in [2.24, 2.45) is 7.05 Å². The molecule has 0 spiro atoms. The lowest BCUT2D eigenvalue weighted by atomic mass is 9.99. The number of hydrogen-bond donors (Lipinski definition) is 0. The third-order valence-corrected chi connectivity index (χ3v) is 5.74. The second-order valence-corrected chi connectivity index (χ2v) is 8.72. The van der Waals surface area contributed by atoms with Gasteiger partial charge in [0.25, 0.3) is 5.56 Å². The Morgan fingerprint density at radius 1 is 1.12 bits per heavy atom. The third-order valence-electron chi connectivity index (χ3n) is 5.74. The minimum atomic E-state index is -0.386. The zero-order chi connectivity index (χ0) is 23.0. The average molecular weight is 437 g/mol. The highest BCUT2D eigenvalue weighted by Crippen LogP contribution is 2.31. The van der Waals surface area contributed by atoms with Crippen molar-refractivity contribution in [2.75, 3.05) is 27.2 Å². The quantitative estimate of drug-likeness (QED) is 0.402. The van der Waals surface area contributed by atoms with Crippen LogP contribution < -0.4 is 10.3 Å². The zero-order valence-corrected chi connectivity index (χ0v) is 19.2. The molecule has 0 saturated heterocycles. The van der Waals surface area contributed by atoms with E-state index >= 15 is 0 Å². The first-order valence-electron chi connectivity index (χ1n) is 10.9. The van der Waals surface area contributed by atoms with E-state index in [-0.39, 0.29) is 23.0 Å². The Hall–Kier alpha value is -3.19. The summed E-state index contributed by atoms with van der Waals surface area (Å²) in [7, 11) is 5.74. The van der Waals surface area contributed by atoms with Gasteiger partial charge in [0.05, 0.1) is 17.6 Å². The number of rotatable bonds is 7. The van der Waals surface area contributed by atoms with Crippen LogP contribution in [0.4, 0.5) is 4.39 Å². The molecule has 4 rings (SSSR count). The van der Waals surface area contributed by atoms with Crippen LogP contribution in [0, 0.1) is 5.82 Å². The van der Waals surface area contributed by atoms with Crippen LogP contribution in [0.1, 0.15) is 31.7 Å². The highest BCUT2D eigenvalue weighted by molar-refractivity contribution is 5.97. The smallest absolute Gasteiger partial charge is 0.270 e. The van der Waals surface area contributed by atoms with Crippen molar-refractivity contribution in [3.05, 3.63) is 64.5 Å². The Morgan fingerprint density at radius 2 is 1.84 bits per heavy atom. The molecule has 0 aliphatic carbocycles. The number of aromatic nitrogens is 3. The van der Waals surface area contributed by atoms with E-state index in [9.17, 15) is 9.18 Å². The van der Waals surface area contributed by atoms with Gasteiger partial charge in [0.2, 0.25) is 0 Å². The summed E-state index contributed by atoms with van der Waals surface area (Å²) in [5.74, 6) is -0.0639. The van der Waals surface area contributed by atoms with Gasteiger partial charge in [-0.3, -0.25) is 4.79 Å². The summed E-state index contributed by atoms with van der Waals surface area (Å²) in [4.78, 5) is 19.4. The Labute approximate surface area is 186 Å². The van der Waals surface area contributed by atoms with Crippen molar-refractivity contribution < 1.29 is 9.13 Å². The first-order chi connectivity index (χ1) is 15.3. The number of hydrogen-bond acceptors (Lipinski definition) is 4. The molecule has 0 radical (unpaired) electrons. The minimum absolute atomic E-state index is 0.0264. The van der Waals surface area contributed by atoms with Gasteiger partial charge in [-0.25, -0.2) is 18.6 Å². The molecular formula is C25H29FN4O2. The Kier molecular flexibility index (Phi) is 6.02. The summed E-state index contributed by atoms with van der Waals surface area (Å²) in [6.07, 6.45) is 2.50. The number of halogens is 1. The van der Waals surface area contributed by atoms with Gasteiger partial charge in [0.1, 0.15) is 6.33 Å². The van der Waals surface area contributed by atoms with Crippen LogP contribution in [-0.4, -0.2) is 46.3 Å². The first-order valence-corrected chi connectivity index (χ1v) is 10.9. The van der Waals surface area contributed by atoms with E-state index in [2.05, 4.69) is 9.88 Å². The Bertz CT molecular complexity index is 1340. The molecule has 32 heavy (non-hydrogen) atoms. The number of ether oxygens (including phenoxy) is 1. The van der Waals surface area contributed by atoms with Crippen LogP contribution in [0.2, 0.25) is 0 Å². The van der Waals surface area contributed by atoms with Gasteiger partial charge in [-0.2, -0.15) is 0 Å². The van der Waals surface area contributed by atoms with Gasteiger partial charge >= 0.3 is 0 Å². The van der Waals surface area contributed by atoms with Crippen LogP contribution >= 0.6 is 0 Å². The molecule has 0 aliphatic rings. The summed E-state index contributed by atoms with van der Waals surface area (Å²) >= 11 is 0. The van der Waals surface area contributed by atoms with Gasteiger partial charge in [-0.15, -0.1) is 0 Å². The van der Waals surface area contributed by atoms with Gasteiger partial charge in [0.15, 0.2) is 11.6 Å². The average Bonchev–Trinajstić information content (AvgIpc) is 3.02. The molecule has 0 saturated carbocycles. The lowest BCUT2D eigenvalue weighted by molar-refractivity contribution is 0.271. The topological polar surface area (TPSA) is 51.8 Å². The highest BCUT2D eigenvalue weighted by Gasteiger charge is 2.19. The van der Waals surface area contributed by atoms with Gasteiger partial charge in [-0.1, -0.05) is 26.0 Å². The summed E-state index contributed by atoms with van der Waals surface area (Å²) in [6, 6.07) is 10.9. The van der Waals surface area contributed by atoms with Gasteiger partial charge < -0.3 is 9.64 Å². The molecule has 0 N–H and O–H groups in total. The molecule has 2 aromatic carbocycles. The lowest BCUT2D eigenvalue weighted by Crippen LogP contribution is -2.17. The van der Waals surface area contributed by atoms with Crippen LogP contribution in [0.25, 0.3) is 27.5 Å². The summed E-state index contributed by atoms with van der Waals surface area (Å²) in [5, 5.41) is 0.871. The molecule has 4 aromatic rings. The van der Waals surface area contributed by atoms with E-state index in [0.29, 0.717) is 6.61 Å². The molecule has 7 heteroatoms. The first kappa shape index (κ1) is 22.0. The van der Waals surface area contributed by atoms with Crippen molar-refractivity contribution in [1.82, 2.24) is 19.1 Å². The number of nitrogens with zero attached hydrogens (tertiary/aromatic N) is 4. The minimum Gasteiger partial charge on any atom is -0.490 e. The molecule has 2 heterocycles. The van der Waals surface area contributed by atoms with Gasteiger partial charge in [0, 0.05) is 24.5 Å². The standard InChI is InChI=1S/C25H29FN4O2/c1-16(2)23-24-19-13-17(7-9-21(19)27-15-30(24)29(5)25(23)31)18-8-10-22(20(26)14-18)32-12-6-11-28(3)4/h7-10,13-16H,6,11-12H2,1-5H3. The van der Waals surface area contributed by atoms with E-state index in [1.165, 1.54) is 6.07 Å². The molecule has 0 aliphatic heterocycles. The lowest BCUT2D eigenvalue weighted by Gasteiger charge is -2.12. The van der Waals surface area contributed by atoms with Crippen molar-refractivity contribution >= 4 is 16.4 Å². The fraction of sp³-hybridized carbons (Fsp3) is 0.360. The molecule has 168 valence electrons. The summed E-state index contributed by atoms with van der Waals surface area (Å²) in [6.45, 7) is 5.38. The number of benzene rings is 2. The molecule has 0 bridgehead atoms. The van der Waals surface area contributed by atoms with E-state index in [4.69, 9.17) is 4.74 Å². The Balaban J connectivity index is 1.74.